The van der Waals surface area contributed by atoms with Gasteiger partial charge in [0.2, 0.25) is 0 Å². The third-order valence-corrected chi connectivity index (χ3v) is 3.96. The van der Waals surface area contributed by atoms with Gasteiger partial charge in [-0.05, 0) is 37.3 Å². The number of hydrogen-bond acceptors (Lipinski definition) is 5. The number of aryl methyl sites for hydroxylation is 1. The van der Waals surface area contributed by atoms with Gasteiger partial charge in [0, 0.05) is 22.5 Å². The number of carbonyl (C=O) groups excluding carboxylic acids is 1. The molecule has 0 saturated heterocycles. The van der Waals surface area contributed by atoms with Crippen molar-refractivity contribution in [2.45, 2.75) is 6.92 Å². The summed E-state index contributed by atoms with van der Waals surface area (Å²) in [7, 11) is 0. The molecule has 2 aromatic heterocycles. The van der Waals surface area contributed by atoms with Crippen molar-refractivity contribution in [2.24, 2.45) is 0 Å². The van der Waals surface area contributed by atoms with Crippen LogP contribution in [-0.4, -0.2) is 25.5 Å². The number of nitrogens with one attached hydrogen (secondary N) is 1. The van der Waals surface area contributed by atoms with Crippen LogP contribution in [0.4, 0.5) is 11.6 Å². The van der Waals surface area contributed by atoms with Crippen molar-refractivity contribution in [3.63, 3.8) is 0 Å². The first-order chi connectivity index (χ1) is 12.6. The highest BCUT2D eigenvalue weighted by molar-refractivity contribution is 6.03. The smallest absolute Gasteiger partial charge is 0.258 e. The van der Waals surface area contributed by atoms with E-state index >= 15 is 0 Å². The summed E-state index contributed by atoms with van der Waals surface area (Å²) in [6.07, 6.45) is 0. The van der Waals surface area contributed by atoms with E-state index in [1.165, 1.54) is 0 Å². The molecule has 0 spiro atoms. The normalized spacial score (nSPS) is 10.8. The van der Waals surface area contributed by atoms with E-state index in [0.717, 1.165) is 17.0 Å². The van der Waals surface area contributed by atoms with Crippen molar-refractivity contribution in [1.29, 1.82) is 0 Å². The molecule has 7 heteroatoms. The van der Waals surface area contributed by atoms with Gasteiger partial charge < -0.3 is 5.73 Å². The number of aromatic nitrogens is 4. The van der Waals surface area contributed by atoms with Crippen LogP contribution in [0.15, 0.2) is 60.7 Å². The monoisotopic (exact) mass is 344 g/mol. The molecule has 3 N–H and O–H groups in total. The van der Waals surface area contributed by atoms with E-state index in [0.29, 0.717) is 17.0 Å². The van der Waals surface area contributed by atoms with Crippen molar-refractivity contribution >= 4 is 23.3 Å². The lowest BCUT2D eigenvalue weighted by Crippen LogP contribution is -2.13. The maximum absolute atomic E-state index is 12.3. The molecule has 1 amide bonds. The molecule has 0 bridgehead atoms. The molecular formula is C19H16N6O. The number of nitrogens with zero attached hydrogens (tertiary/aromatic N) is 4. The molecule has 0 unspecified atom stereocenters. The van der Waals surface area contributed by atoms with Crippen LogP contribution in [0.5, 0.6) is 0 Å². The van der Waals surface area contributed by atoms with Crippen molar-refractivity contribution in [2.75, 3.05) is 11.1 Å². The van der Waals surface area contributed by atoms with E-state index in [2.05, 4.69) is 20.4 Å². The zero-order valence-electron chi connectivity index (χ0n) is 14.0. The summed E-state index contributed by atoms with van der Waals surface area (Å²) in [5, 5.41) is 7.01. The third kappa shape index (κ3) is 2.98. The molecule has 26 heavy (non-hydrogen) atoms. The minimum atomic E-state index is -0.304. The number of nitrogen functional groups attached to an aromatic ring is 1. The third-order valence-electron chi connectivity index (χ3n) is 3.96. The highest BCUT2D eigenvalue weighted by atomic mass is 16.1. The average molecular weight is 344 g/mol. The molecule has 0 aliphatic carbocycles. The predicted molar refractivity (Wildman–Crippen MR) is 99.8 cm³/mol. The molecule has 4 rings (SSSR count). The molecule has 0 radical (unpaired) electrons. The molecule has 0 saturated carbocycles. The fourth-order valence-corrected chi connectivity index (χ4v) is 2.63. The topological polar surface area (TPSA) is 98.2 Å². The average Bonchev–Trinajstić information content (AvgIpc) is 3.06. The van der Waals surface area contributed by atoms with Crippen molar-refractivity contribution in [3.8, 4) is 11.3 Å². The SMILES string of the molecule is Cc1cc(-c2ccccc2)nc2nc(NC(=O)c3ccc(N)cc3)nn12. The van der Waals surface area contributed by atoms with Gasteiger partial charge in [-0.2, -0.15) is 9.50 Å². The van der Waals surface area contributed by atoms with Crippen LogP contribution in [-0.2, 0) is 0 Å². The Kier molecular flexibility index (Phi) is 3.81. The molecule has 2 aromatic carbocycles. The summed E-state index contributed by atoms with van der Waals surface area (Å²) < 4.78 is 1.60. The molecular weight excluding hydrogens is 328 g/mol. The lowest BCUT2D eigenvalue weighted by atomic mass is 10.1. The van der Waals surface area contributed by atoms with E-state index in [-0.39, 0.29) is 11.9 Å². The van der Waals surface area contributed by atoms with Gasteiger partial charge in [-0.3, -0.25) is 10.1 Å². The molecule has 128 valence electrons. The van der Waals surface area contributed by atoms with Crippen molar-refractivity contribution in [3.05, 3.63) is 71.9 Å². The Morgan fingerprint density at radius 3 is 2.50 bits per heavy atom. The molecule has 0 fully saturated rings. The zero-order valence-corrected chi connectivity index (χ0v) is 14.0. The Bertz CT molecular complexity index is 1090. The fraction of sp³-hybridized carbons (Fsp3) is 0.0526. The lowest BCUT2D eigenvalue weighted by molar-refractivity contribution is 0.102. The number of anilines is 2. The first-order valence-corrected chi connectivity index (χ1v) is 8.07. The Morgan fingerprint density at radius 2 is 1.77 bits per heavy atom. The number of hydrogen-bond donors (Lipinski definition) is 2. The van der Waals surface area contributed by atoms with E-state index < -0.39 is 0 Å². The van der Waals surface area contributed by atoms with Crippen LogP contribution in [0.2, 0.25) is 0 Å². The number of amides is 1. The predicted octanol–water partition coefficient (Wildman–Crippen LogP) is 2.93. The van der Waals surface area contributed by atoms with Gasteiger partial charge in [-0.25, -0.2) is 4.98 Å². The van der Waals surface area contributed by atoms with Gasteiger partial charge in [-0.1, -0.05) is 30.3 Å². The number of rotatable bonds is 3. The fourth-order valence-electron chi connectivity index (χ4n) is 2.63. The van der Waals surface area contributed by atoms with Gasteiger partial charge in [0.25, 0.3) is 17.6 Å². The van der Waals surface area contributed by atoms with Gasteiger partial charge >= 0.3 is 0 Å². The van der Waals surface area contributed by atoms with E-state index in [9.17, 15) is 4.79 Å². The van der Waals surface area contributed by atoms with Gasteiger partial charge in [0.15, 0.2) is 0 Å². The lowest BCUT2D eigenvalue weighted by Gasteiger charge is -2.03. The molecule has 4 aromatic rings. The standard InChI is InChI=1S/C19H16N6O/c1-12-11-16(13-5-3-2-4-6-13)21-19-23-18(24-25(12)19)22-17(26)14-7-9-15(20)10-8-14/h2-11H,20H2,1H3,(H,22,24,26). The number of nitrogens with two attached hydrogens (primary N) is 1. The minimum Gasteiger partial charge on any atom is -0.399 e. The molecule has 2 heterocycles. The summed E-state index contributed by atoms with van der Waals surface area (Å²) >= 11 is 0. The summed E-state index contributed by atoms with van der Waals surface area (Å²) in [4.78, 5) is 21.2. The molecule has 0 atom stereocenters. The quantitative estimate of drug-likeness (QED) is 0.557. The van der Waals surface area contributed by atoms with Crippen LogP contribution >= 0.6 is 0 Å². The largest absolute Gasteiger partial charge is 0.399 e. The number of carbonyl (C=O) groups is 1. The molecule has 7 nitrogen and oxygen atoms in total. The Morgan fingerprint density at radius 1 is 1.04 bits per heavy atom. The van der Waals surface area contributed by atoms with Crippen LogP contribution in [0.25, 0.3) is 17.0 Å². The van der Waals surface area contributed by atoms with E-state index in [1.807, 2.05) is 43.3 Å². The second-order valence-corrected chi connectivity index (χ2v) is 5.87. The maximum Gasteiger partial charge on any atom is 0.258 e. The number of benzene rings is 2. The minimum absolute atomic E-state index is 0.202. The van der Waals surface area contributed by atoms with E-state index in [4.69, 9.17) is 5.73 Å². The van der Waals surface area contributed by atoms with Crippen LogP contribution in [0.1, 0.15) is 16.1 Å². The second-order valence-electron chi connectivity index (χ2n) is 5.87. The Labute approximate surface area is 149 Å². The first-order valence-electron chi connectivity index (χ1n) is 8.07. The molecule has 0 aliphatic rings. The van der Waals surface area contributed by atoms with Crippen molar-refractivity contribution < 1.29 is 4.79 Å². The summed E-state index contributed by atoms with van der Waals surface area (Å²) in [5.74, 6) is 0.325. The molecule has 0 aliphatic heterocycles. The zero-order chi connectivity index (χ0) is 18.1. The Balaban J connectivity index is 1.66. The van der Waals surface area contributed by atoms with Gasteiger partial charge in [-0.15, -0.1) is 5.10 Å². The van der Waals surface area contributed by atoms with Crippen molar-refractivity contribution in [1.82, 2.24) is 19.6 Å². The van der Waals surface area contributed by atoms with Crippen LogP contribution < -0.4 is 11.1 Å². The Hall–Kier alpha value is -3.74. The van der Waals surface area contributed by atoms with Gasteiger partial charge in [0.05, 0.1) is 5.69 Å². The van der Waals surface area contributed by atoms with Crippen LogP contribution in [0, 0.1) is 6.92 Å². The highest BCUT2D eigenvalue weighted by Gasteiger charge is 2.13. The maximum atomic E-state index is 12.3. The number of fused-ring (bicyclic) bond motifs is 1. The van der Waals surface area contributed by atoms with Crippen LogP contribution in [0.3, 0.4) is 0 Å². The summed E-state index contributed by atoms with van der Waals surface area (Å²) in [5.41, 5.74) is 9.39. The summed E-state index contributed by atoms with van der Waals surface area (Å²) in [6, 6.07) is 18.4. The second kappa shape index (κ2) is 6.29. The highest BCUT2D eigenvalue weighted by Crippen LogP contribution is 2.19. The van der Waals surface area contributed by atoms with Gasteiger partial charge in [0.1, 0.15) is 0 Å². The summed E-state index contributed by atoms with van der Waals surface area (Å²) in [6.45, 7) is 1.92. The first kappa shape index (κ1) is 15.8. The van der Waals surface area contributed by atoms with E-state index in [1.54, 1.807) is 28.8 Å².